The van der Waals surface area contributed by atoms with Gasteiger partial charge in [0.05, 0.1) is 12.7 Å². The van der Waals surface area contributed by atoms with Crippen LogP contribution in [0.5, 0.6) is 0 Å². The zero-order valence-corrected chi connectivity index (χ0v) is 10.6. The van der Waals surface area contributed by atoms with E-state index in [0.29, 0.717) is 6.54 Å². The number of hydrogen-bond acceptors (Lipinski definition) is 3. The van der Waals surface area contributed by atoms with Gasteiger partial charge in [-0.05, 0) is 31.5 Å². The Bertz CT molecular complexity index is 503. The molecule has 0 bridgehead atoms. The third-order valence-corrected chi connectivity index (χ3v) is 2.95. The summed E-state index contributed by atoms with van der Waals surface area (Å²) in [5.41, 5.74) is 3.64. The Morgan fingerprint density at radius 3 is 2.88 bits per heavy atom. The van der Waals surface area contributed by atoms with Crippen LogP contribution in [0.3, 0.4) is 0 Å². The number of aromatic nitrogens is 1. The summed E-state index contributed by atoms with van der Waals surface area (Å²) in [6, 6.07) is 6.22. The van der Waals surface area contributed by atoms with Crippen molar-refractivity contribution in [3.8, 4) is 11.3 Å². The molecule has 0 spiro atoms. The van der Waals surface area contributed by atoms with Crippen molar-refractivity contribution < 1.29 is 4.42 Å². The van der Waals surface area contributed by atoms with Crippen molar-refractivity contribution in [2.45, 2.75) is 27.3 Å². The van der Waals surface area contributed by atoms with E-state index in [1.165, 1.54) is 11.1 Å². The number of nitrogens with one attached hydrogen (secondary N) is 1. The Kier molecular flexibility index (Phi) is 3.59. The van der Waals surface area contributed by atoms with Crippen LogP contribution in [-0.2, 0) is 6.54 Å². The number of nitrogens with zero attached hydrogens (tertiary/aromatic N) is 1. The van der Waals surface area contributed by atoms with Crippen molar-refractivity contribution in [2.24, 2.45) is 0 Å². The molecule has 0 atom stereocenters. The van der Waals surface area contributed by atoms with Gasteiger partial charge in [-0.3, -0.25) is 0 Å². The zero-order chi connectivity index (χ0) is 12.3. The molecular weight excluding hydrogens is 212 g/mol. The monoisotopic (exact) mass is 230 g/mol. The summed E-state index contributed by atoms with van der Waals surface area (Å²) in [6.45, 7) is 7.88. The van der Waals surface area contributed by atoms with Crippen LogP contribution in [-0.4, -0.2) is 11.5 Å². The Morgan fingerprint density at radius 2 is 2.12 bits per heavy atom. The summed E-state index contributed by atoms with van der Waals surface area (Å²) in [5.74, 6) is 1.59. The molecule has 1 aromatic heterocycles. The van der Waals surface area contributed by atoms with Crippen LogP contribution in [0, 0.1) is 13.8 Å². The van der Waals surface area contributed by atoms with Crippen LogP contribution in [0.4, 0.5) is 0 Å². The maximum Gasteiger partial charge on any atom is 0.208 e. The normalized spacial score (nSPS) is 10.8. The van der Waals surface area contributed by atoms with Gasteiger partial charge >= 0.3 is 0 Å². The van der Waals surface area contributed by atoms with E-state index in [0.717, 1.165) is 23.8 Å². The second-order valence-corrected chi connectivity index (χ2v) is 4.15. The van der Waals surface area contributed by atoms with E-state index in [4.69, 9.17) is 4.42 Å². The fourth-order valence-electron chi connectivity index (χ4n) is 1.77. The second-order valence-electron chi connectivity index (χ2n) is 4.15. The molecule has 1 N–H and O–H groups in total. The van der Waals surface area contributed by atoms with Crippen LogP contribution < -0.4 is 5.32 Å². The van der Waals surface area contributed by atoms with E-state index in [1.807, 2.05) is 6.07 Å². The summed E-state index contributed by atoms with van der Waals surface area (Å²) in [4.78, 5) is 4.27. The molecular formula is C14H18N2O. The summed E-state index contributed by atoms with van der Waals surface area (Å²) in [7, 11) is 0. The summed E-state index contributed by atoms with van der Waals surface area (Å²) in [6.07, 6.45) is 1.80. The molecule has 17 heavy (non-hydrogen) atoms. The molecule has 0 aliphatic rings. The lowest BCUT2D eigenvalue weighted by Crippen LogP contribution is -2.11. The van der Waals surface area contributed by atoms with E-state index in [1.54, 1.807) is 6.20 Å². The van der Waals surface area contributed by atoms with Gasteiger partial charge in [-0.25, -0.2) is 4.98 Å². The lowest BCUT2D eigenvalue weighted by Gasteiger charge is -2.04. The molecule has 0 saturated carbocycles. The Balaban J connectivity index is 2.27. The molecule has 0 aliphatic carbocycles. The van der Waals surface area contributed by atoms with Gasteiger partial charge in [-0.15, -0.1) is 0 Å². The maximum absolute atomic E-state index is 5.73. The molecule has 3 nitrogen and oxygen atoms in total. The first-order valence-electron chi connectivity index (χ1n) is 5.94. The molecule has 2 aromatic rings. The number of hydrogen-bond donors (Lipinski definition) is 1. The van der Waals surface area contributed by atoms with E-state index < -0.39 is 0 Å². The molecule has 0 saturated heterocycles. The largest absolute Gasteiger partial charge is 0.439 e. The van der Waals surface area contributed by atoms with Crippen LogP contribution in [0.15, 0.2) is 28.8 Å². The van der Waals surface area contributed by atoms with Crippen molar-refractivity contribution in [3.63, 3.8) is 0 Å². The quantitative estimate of drug-likeness (QED) is 0.877. The number of oxazole rings is 1. The first-order chi connectivity index (χ1) is 8.22. The molecule has 1 heterocycles. The van der Waals surface area contributed by atoms with Gasteiger partial charge in [-0.2, -0.15) is 0 Å². The average Bonchev–Trinajstić information content (AvgIpc) is 2.78. The van der Waals surface area contributed by atoms with Crippen molar-refractivity contribution >= 4 is 0 Å². The fraction of sp³-hybridized carbons (Fsp3) is 0.357. The van der Waals surface area contributed by atoms with Gasteiger partial charge in [0.25, 0.3) is 0 Å². The third-order valence-electron chi connectivity index (χ3n) is 2.95. The lowest BCUT2D eigenvalue weighted by molar-refractivity contribution is 0.482. The molecule has 0 amide bonds. The molecule has 1 aromatic carbocycles. The van der Waals surface area contributed by atoms with Gasteiger partial charge < -0.3 is 9.73 Å². The second kappa shape index (κ2) is 5.15. The molecule has 0 radical (unpaired) electrons. The first-order valence-corrected chi connectivity index (χ1v) is 5.94. The third kappa shape index (κ3) is 2.56. The van der Waals surface area contributed by atoms with Crippen LogP contribution in [0.1, 0.15) is 23.9 Å². The van der Waals surface area contributed by atoms with Crippen LogP contribution >= 0.6 is 0 Å². The summed E-state index contributed by atoms with van der Waals surface area (Å²) in [5, 5.41) is 3.20. The Morgan fingerprint density at radius 1 is 1.29 bits per heavy atom. The van der Waals surface area contributed by atoms with Gasteiger partial charge in [0.1, 0.15) is 0 Å². The predicted octanol–water partition coefficient (Wildman–Crippen LogP) is 3.07. The number of aryl methyl sites for hydroxylation is 1. The predicted molar refractivity (Wildman–Crippen MR) is 68.8 cm³/mol. The van der Waals surface area contributed by atoms with Gasteiger partial charge in [0.2, 0.25) is 5.89 Å². The number of rotatable bonds is 4. The van der Waals surface area contributed by atoms with E-state index >= 15 is 0 Å². The zero-order valence-electron chi connectivity index (χ0n) is 10.6. The van der Waals surface area contributed by atoms with Gasteiger partial charge in [0.15, 0.2) is 5.76 Å². The van der Waals surface area contributed by atoms with Crippen LogP contribution in [0.2, 0.25) is 0 Å². The first kappa shape index (κ1) is 11.9. The minimum atomic E-state index is 0.682. The van der Waals surface area contributed by atoms with Gasteiger partial charge in [0, 0.05) is 5.56 Å². The van der Waals surface area contributed by atoms with Crippen molar-refractivity contribution in [1.82, 2.24) is 10.3 Å². The molecule has 0 unspecified atom stereocenters. The van der Waals surface area contributed by atoms with E-state index in [9.17, 15) is 0 Å². The SMILES string of the molecule is CCNCc1ncc(-c2cccc(C)c2C)o1. The molecule has 0 fully saturated rings. The van der Waals surface area contributed by atoms with Crippen LogP contribution in [0.25, 0.3) is 11.3 Å². The van der Waals surface area contributed by atoms with Crippen molar-refractivity contribution in [3.05, 3.63) is 41.4 Å². The summed E-state index contributed by atoms with van der Waals surface area (Å²) >= 11 is 0. The van der Waals surface area contributed by atoms with Crippen molar-refractivity contribution in [1.29, 1.82) is 0 Å². The molecule has 0 aliphatic heterocycles. The minimum absolute atomic E-state index is 0.682. The molecule has 90 valence electrons. The standard InChI is InChI=1S/C14H18N2O/c1-4-15-9-14-16-8-13(17-14)12-7-5-6-10(2)11(12)3/h5-8,15H,4,9H2,1-3H3. The molecule has 2 rings (SSSR count). The smallest absolute Gasteiger partial charge is 0.208 e. The topological polar surface area (TPSA) is 38.1 Å². The van der Waals surface area contributed by atoms with E-state index in [-0.39, 0.29) is 0 Å². The lowest BCUT2D eigenvalue weighted by atomic mass is 10.0. The van der Waals surface area contributed by atoms with Crippen molar-refractivity contribution in [2.75, 3.05) is 6.54 Å². The highest BCUT2D eigenvalue weighted by atomic mass is 16.4. The number of benzene rings is 1. The highest BCUT2D eigenvalue weighted by molar-refractivity contribution is 5.62. The molecule has 3 heteroatoms. The highest BCUT2D eigenvalue weighted by Crippen LogP contribution is 2.25. The average molecular weight is 230 g/mol. The van der Waals surface area contributed by atoms with Gasteiger partial charge in [-0.1, -0.05) is 25.1 Å². The Labute approximate surface area is 102 Å². The minimum Gasteiger partial charge on any atom is -0.439 e. The Hall–Kier alpha value is -1.61. The maximum atomic E-state index is 5.73. The fourth-order valence-corrected chi connectivity index (χ4v) is 1.77. The summed E-state index contributed by atoms with van der Waals surface area (Å²) < 4.78 is 5.73. The van der Waals surface area contributed by atoms with E-state index in [2.05, 4.69) is 43.2 Å². The highest BCUT2D eigenvalue weighted by Gasteiger charge is 2.09.